The second-order valence-corrected chi connectivity index (χ2v) is 7.76. The van der Waals surface area contributed by atoms with Crippen molar-refractivity contribution in [3.63, 3.8) is 0 Å². The molecule has 0 amide bonds. The molecule has 6 heteroatoms. The van der Waals surface area contributed by atoms with Crippen LogP contribution in [0.3, 0.4) is 0 Å². The fourth-order valence-electron chi connectivity index (χ4n) is 4.22. The van der Waals surface area contributed by atoms with Crippen molar-refractivity contribution < 1.29 is 22.0 Å². The molecular weight excluding hydrogens is 373 g/mol. The molecule has 150 valence electrons. The summed E-state index contributed by atoms with van der Waals surface area (Å²) in [7, 11) is 0. The lowest BCUT2D eigenvalue weighted by Gasteiger charge is -2.36. The van der Waals surface area contributed by atoms with Crippen LogP contribution >= 0.6 is 0 Å². The molecule has 0 saturated carbocycles. The number of halogens is 5. The second-order valence-electron chi connectivity index (χ2n) is 7.76. The third kappa shape index (κ3) is 3.87. The topological polar surface area (TPSA) is 3.24 Å². The van der Waals surface area contributed by atoms with E-state index in [-0.39, 0.29) is 12.8 Å². The molecule has 2 aromatic carbocycles. The smallest absolute Gasteiger partial charge is 0.371 e. The van der Waals surface area contributed by atoms with Crippen molar-refractivity contribution in [2.75, 3.05) is 18.0 Å². The first-order valence-corrected chi connectivity index (χ1v) is 9.69. The van der Waals surface area contributed by atoms with Crippen molar-refractivity contribution in [3.05, 3.63) is 53.1 Å². The Morgan fingerprint density at radius 1 is 0.821 bits per heavy atom. The Hall–Kier alpha value is -2.11. The molecule has 1 aliphatic heterocycles. The van der Waals surface area contributed by atoms with Crippen LogP contribution in [0.5, 0.6) is 0 Å². The lowest BCUT2D eigenvalue weighted by molar-refractivity contribution is -0.137. The molecule has 0 aromatic heterocycles. The Morgan fingerprint density at radius 3 is 2.11 bits per heavy atom. The molecule has 1 nitrogen and oxygen atoms in total. The van der Waals surface area contributed by atoms with Crippen molar-refractivity contribution in [1.82, 2.24) is 0 Å². The monoisotopic (exact) mass is 395 g/mol. The summed E-state index contributed by atoms with van der Waals surface area (Å²) in [5.74, 6) is -2.61. The number of benzene rings is 2. The first kappa shape index (κ1) is 19.2. The summed E-state index contributed by atoms with van der Waals surface area (Å²) in [6.07, 6.45) is -0.701. The number of hydrogen-bond acceptors (Lipinski definition) is 1. The maximum Gasteiger partial charge on any atom is 0.416 e. The molecule has 2 aliphatic rings. The van der Waals surface area contributed by atoms with Crippen LogP contribution in [0.25, 0.3) is 11.1 Å². The minimum atomic E-state index is -4.36. The molecule has 1 aliphatic carbocycles. The highest BCUT2D eigenvalue weighted by Gasteiger charge is 2.35. The number of fused-ring (bicyclic) bond motifs is 1. The third-order valence-electron chi connectivity index (χ3n) is 5.82. The van der Waals surface area contributed by atoms with Crippen molar-refractivity contribution >= 4 is 5.69 Å². The van der Waals surface area contributed by atoms with Crippen LogP contribution in [0.2, 0.25) is 0 Å². The van der Waals surface area contributed by atoms with Crippen LogP contribution in [0.1, 0.15) is 42.4 Å². The summed E-state index contributed by atoms with van der Waals surface area (Å²) in [5.41, 5.74) is 4.27. The van der Waals surface area contributed by atoms with Crippen molar-refractivity contribution in [3.8, 4) is 11.1 Å². The van der Waals surface area contributed by atoms with E-state index >= 15 is 0 Å². The van der Waals surface area contributed by atoms with E-state index in [1.54, 1.807) is 0 Å². The first-order valence-electron chi connectivity index (χ1n) is 9.69. The predicted molar refractivity (Wildman–Crippen MR) is 99.9 cm³/mol. The summed E-state index contributed by atoms with van der Waals surface area (Å²) in [4.78, 5) is 2.02. The number of aryl methyl sites for hydroxylation is 1. The molecule has 1 saturated heterocycles. The quantitative estimate of drug-likeness (QED) is 0.526. The zero-order valence-electron chi connectivity index (χ0n) is 15.5. The molecule has 0 N–H and O–H groups in total. The first-order chi connectivity index (χ1) is 13.2. The lowest BCUT2D eigenvalue weighted by Crippen LogP contribution is -2.40. The Morgan fingerprint density at radius 2 is 1.46 bits per heavy atom. The number of hydrogen-bond donors (Lipinski definition) is 0. The van der Waals surface area contributed by atoms with Crippen LogP contribution in [-0.4, -0.2) is 19.0 Å². The number of rotatable bonds is 2. The molecule has 28 heavy (non-hydrogen) atoms. The summed E-state index contributed by atoms with van der Waals surface area (Å²) >= 11 is 0. The molecule has 0 unspecified atom stereocenters. The minimum absolute atomic E-state index is 0.160. The number of nitrogens with zero attached hydrogens (tertiary/aromatic N) is 1. The fourth-order valence-corrected chi connectivity index (χ4v) is 4.22. The Labute approximate surface area is 161 Å². The van der Waals surface area contributed by atoms with Gasteiger partial charge in [0, 0.05) is 31.6 Å². The van der Waals surface area contributed by atoms with E-state index in [1.807, 2.05) is 11.0 Å². The number of piperidine rings is 1. The zero-order valence-corrected chi connectivity index (χ0v) is 15.5. The molecule has 1 heterocycles. The van der Waals surface area contributed by atoms with Gasteiger partial charge >= 0.3 is 6.18 Å². The van der Waals surface area contributed by atoms with Crippen molar-refractivity contribution in [1.29, 1.82) is 0 Å². The van der Waals surface area contributed by atoms with Gasteiger partial charge in [0.15, 0.2) is 0 Å². The van der Waals surface area contributed by atoms with Crippen LogP contribution in [0.15, 0.2) is 36.4 Å². The van der Waals surface area contributed by atoms with E-state index < -0.39 is 17.7 Å². The highest BCUT2D eigenvalue weighted by atomic mass is 19.4. The highest BCUT2D eigenvalue weighted by molar-refractivity contribution is 5.73. The van der Waals surface area contributed by atoms with Gasteiger partial charge in [-0.15, -0.1) is 0 Å². The van der Waals surface area contributed by atoms with E-state index in [1.165, 1.54) is 23.3 Å². The average molecular weight is 395 g/mol. The van der Waals surface area contributed by atoms with Crippen molar-refractivity contribution in [2.45, 2.75) is 50.6 Å². The summed E-state index contributed by atoms with van der Waals surface area (Å²) in [6.45, 7) is 0.603. The van der Waals surface area contributed by atoms with Gasteiger partial charge in [0.25, 0.3) is 5.92 Å². The summed E-state index contributed by atoms with van der Waals surface area (Å²) in [6, 6.07) is 9.18. The largest absolute Gasteiger partial charge is 0.416 e. The number of alkyl halides is 5. The Bertz CT molecular complexity index is 844. The van der Waals surface area contributed by atoms with Gasteiger partial charge in [0.2, 0.25) is 0 Å². The normalized spacial score (nSPS) is 19.4. The van der Waals surface area contributed by atoms with E-state index in [9.17, 15) is 22.0 Å². The average Bonchev–Trinajstić information content (AvgIpc) is 2.67. The standard InChI is InChI=1S/C22H22F5N/c23-21(24)9-11-28(12-10-21)20-14-17(13-16-3-1-2-4-19(16)20)15-5-7-18(8-6-15)22(25,26)27/h5-8,13-14H,1-4,9-12H2. The van der Waals surface area contributed by atoms with Gasteiger partial charge in [-0.3, -0.25) is 0 Å². The predicted octanol–water partition coefficient (Wildman–Crippen LogP) is 6.49. The van der Waals surface area contributed by atoms with Crippen molar-refractivity contribution in [2.24, 2.45) is 0 Å². The van der Waals surface area contributed by atoms with E-state index in [0.29, 0.717) is 18.7 Å². The van der Waals surface area contributed by atoms with Crippen LogP contribution < -0.4 is 4.90 Å². The fraction of sp³-hybridized carbons (Fsp3) is 0.455. The van der Waals surface area contributed by atoms with Gasteiger partial charge < -0.3 is 4.90 Å². The maximum absolute atomic E-state index is 13.6. The van der Waals surface area contributed by atoms with Gasteiger partial charge in [-0.05, 0) is 66.1 Å². The second kappa shape index (κ2) is 7.05. The highest BCUT2D eigenvalue weighted by Crippen LogP contribution is 2.39. The Balaban J connectivity index is 1.71. The molecule has 4 rings (SSSR count). The maximum atomic E-state index is 13.6. The lowest BCUT2D eigenvalue weighted by atomic mass is 9.86. The van der Waals surface area contributed by atoms with E-state index in [4.69, 9.17) is 0 Å². The zero-order chi connectivity index (χ0) is 19.9. The third-order valence-corrected chi connectivity index (χ3v) is 5.82. The SMILES string of the molecule is FC1(F)CCN(c2cc(-c3ccc(C(F)(F)F)cc3)cc3c2CCCC3)CC1. The molecule has 1 fully saturated rings. The van der Waals surface area contributed by atoms with Crippen LogP contribution in [0, 0.1) is 0 Å². The van der Waals surface area contributed by atoms with E-state index in [2.05, 4.69) is 6.07 Å². The summed E-state index contributed by atoms with van der Waals surface area (Å²) < 4.78 is 65.7. The van der Waals surface area contributed by atoms with E-state index in [0.717, 1.165) is 49.1 Å². The molecule has 0 bridgehead atoms. The van der Waals surface area contributed by atoms with Crippen LogP contribution in [0.4, 0.5) is 27.6 Å². The molecular formula is C22H22F5N. The molecule has 0 atom stereocenters. The molecule has 0 spiro atoms. The van der Waals surface area contributed by atoms with Gasteiger partial charge in [-0.1, -0.05) is 18.2 Å². The van der Waals surface area contributed by atoms with Crippen LogP contribution in [-0.2, 0) is 19.0 Å². The van der Waals surface area contributed by atoms with Gasteiger partial charge in [0.05, 0.1) is 5.56 Å². The molecule has 2 aromatic rings. The summed E-state index contributed by atoms with van der Waals surface area (Å²) in [5, 5.41) is 0. The molecule has 0 radical (unpaired) electrons. The minimum Gasteiger partial charge on any atom is -0.371 e. The Kier molecular flexibility index (Phi) is 4.84. The van der Waals surface area contributed by atoms with Gasteiger partial charge in [-0.25, -0.2) is 8.78 Å². The van der Waals surface area contributed by atoms with Gasteiger partial charge in [-0.2, -0.15) is 13.2 Å². The van der Waals surface area contributed by atoms with Gasteiger partial charge in [0.1, 0.15) is 0 Å². The number of anilines is 1.